The van der Waals surface area contributed by atoms with E-state index in [0.717, 1.165) is 28.4 Å². The minimum absolute atomic E-state index is 0.581. The molecule has 0 aliphatic rings. The summed E-state index contributed by atoms with van der Waals surface area (Å²) in [6, 6.07) is 17.7. The van der Waals surface area contributed by atoms with Crippen molar-refractivity contribution in [3.63, 3.8) is 0 Å². The van der Waals surface area contributed by atoms with E-state index in [9.17, 15) is 0 Å². The molecule has 3 aromatic rings. The average Bonchev–Trinajstić information content (AvgIpc) is 2.69. The van der Waals surface area contributed by atoms with E-state index in [4.69, 9.17) is 17.0 Å². The van der Waals surface area contributed by atoms with Gasteiger partial charge >= 0.3 is 0 Å². The van der Waals surface area contributed by atoms with E-state index in [-0.39, 0.29) is 0 Å². The van der Waals surface area contributed by atoms with Crippen molar-refractivity contribution >= 4 is 23.0 Å². The summed E-state index contributed by atoms with van der Waals surface area (Å²) in [5, 5.41) is 3.91. The number of methoxy groups -OCH3 is 1. The molecule has 0 aliphatic heterocycles. The number of hydrogen-bond donors (Lipinski definition) is 1. The number of nitrogens with one attached hydrogen (secondary N) is 1. The molecule has 0 radical (unpaired) electrons. The lowest BCUT2D eigenvalue weighted by Gasteiger charge is -2.26. The summed E-state index contributed by atoms with van der Waals surface area (Å²) >= 11 is 5.71. The van der Waals surface area contributed by atoms with Gasteiger partial charge in [-0.2, -0.15) is 0 Å². The second kappa shape index (κ2) is 9.09. The predicted molar refractivity (Wildman–Crippen MR) is 112 cm³/mol. The van der Waals surface area contributed by atoms with E-state index < -0.39 is 0 Å². The van der Waals surface area contributed by atoms with Gasteiger partial charge in [-0.05, 0) is 61.1 Å². The Hall–Kier alpha value is -2.99. The first-order valence-corrected chi connectivity index (χ1v) is 9.07. The summed E-state index contributed by atoms with van der Waals surface area (Å²) in [7, 11) is 1.65. The number of anilines is 1. The lowest BCUT2D eigenvalue weighted by Crippen LogP contribution is -2.34. The first-order valence-electron chi connectivity index (χ1n) is 8.66. The number of hydrogen-bond acceptors (Lipinski definition) is 4. The Kier molecular flexibility index (Phi) is 6.33. The molecule has 5 nitrogen and oxygen atoms in total. The molecule has 138 valence electrons. The molecular formula is C21H22N4OS. The molecule has 1 N–H and O–H groups in total. The van der Waals surface area contributed by atoms with Gasteiger partial charge in [-0.1, -0.05) is 18.2 Å². The first kappa shape index (κ1) is 18.8. The molecule has 2 heterocycles. The number of thiocarbonyl (C=S) groups is 1. The van der Waals surface area contributed by atoms with E-state index in [1.165, 1.54) is 0 Å². The van der Waals surface area contributed by atoms with Gasteiger partial charge < -0.3 is 15.0 Å². The van der Waals surface area contributed by atoms with Crippen LogP contribution >= 0.6 is 12.2 Å². The maximum absolute atomic E-state index is 5.71. The molecule has 0 atom stereocenters. The molecule has 6 heteroatoms. The molecule has 27 heavy (non-hydrogen) atoms. The van der Waals surface area contributed by atoms with Crippen LogP contribution in [0.5, 0.6) is 5.75 Å². The summed E-state index contributed by atoms with van der Waals surface area (Å²) in [5.74, 6) is 0.749. The van der Waals surface area contributed by atoms with E-state index in [2.05, 4.69) is 15.3 Å². The smallest absolute Gasteiger partial charge is 0.174 e. The van der Waals surface area contributed by atoms with Crippen LogP contribution in [0.1, 0.15) is 17.0 Å². The van der Waals surface area contributed by atoms with Crippen molar-refractivity contribution in [2.75, 3.05) is 12.4 Å². The Morgan fingerprint density at radius 3 is 2.15 bits per heavy atom. The van der Waals surface area contributed by atoms with Gasteiger partial charge in [0.15, 0.2) is 5.11 Å². The Morgan fingerprint density at radius 1 is 1.00 bits per heavy atom. The van der Waals surface area contributed by atoms with Gasteiger partial charge in [0, 0.05) is 12.4 Å². The molecule has 0 spiro atoms. The zero-order valence-corrected chi connectivity index (χ0v) is 16.2. The molecule has 0 fully saturated rings. The van der Waals surface area contributed by atoms with Crippen LogP contribution < -0.4 is 10.1 Å². The van der Waals surface area contributed by atoms with Gasteiger partial charge in [-0.25, -0.2) is 0 Å². The Morgan fingerprint density at radius 2 is 1.63 bits per heavy atom. The quantitative estimate of drug-likeness (QED) is 0.649. The minimum Gasteiger partial charge on any atom is -0.495 e. The maximum Gasteiger partial charge on any atom is 0.174 e. The largest absolute Gasteiger partial charge is 0.495 e. The standard InChI is InChI=1S/C21H22N4OS/c1-16-9-10-20(26-2)19(13-16)24-21(27)25(14-17-7-3-5-11-22-17)15-18-8-4-6-12-23-18/h3-13H,14-15H2,1-2H3,(H,24,27). The predicted octanol–water partition coefficient (Wildman–Crippen LogP) is 4.19. The number of aromatic nitrogens is 2. The number of ether oxygens (including phenoxy) is 1. The average molecular weight is 379 g/mol. The van der Waals surface area contributed by atoms with E-state index in [1.54, 1.807) is 19.5 Å². The second-order valence-corrected chi connectivity index (χ2v) is 6.52. The van der Waals surface area contributed by atoms with Crippen LogP contribution in [0.3, 0.4) is 0 Å². The highest BCUT2D eigenvalue weighted by Gasteiger charge is 2.14. The third-order valence-corrected chi connectivity index (χ3v) is 4.40. The number of benzene rings is 1. The maximum atomic E-state index is 5.71. The van der Waals surface area contributed by atoms with E-state index in [1.807, 2.05) is 66.4 Å². The number of pyridine rings is 2. The molecule has 2 aromatic heterocycles. The van der Waals surface area contributed by atoms with Crippen LogP contribution in [0.15, 0.2) is 67.0 Å². The first-order chi connectivity index (χ1) is 13.2. The highest BCUT2D eigenvalue weighted by atomic mass is 32.1. The van der Waals surface area contributed by atoms with Gasteiger partial charge in [-0.15, -0.1) is 0 Å². The van der Waals surface area contributed by atoms with E-state index >= 15 is 0 Å². The monoisotopic (exact) mass is 378 g/mol. The summed E-state index contributed by atoms with van der Waals surface area (Å²) < 4.78 is 5.45. The van der Waals surface area contributed by atoms with Crippen molar-refractivity contribution in [3.05, 3.63) is 83.9 Å². The molecule has 0 saturated heterocycles. The summed E-state index contributed by atoms with van der Waals surface area (Å²) in [4.78, 5) is 10.9. The fourth-order valence-corrected chi connectivity index (χ4v) is 2.93. The Balaban J connectivity index is 1.83. The van der Waals surface area contributed by atoms with Gasteiger partial charge in [0.2, 0.25) is 0 Å². The van der Waals surface area contributed by atoms with Crippen LogP contribution in [0.4, 0.5) is 5.69 Å². The lowest BCUT2D eigenvalue weighted by molar-refractivity contribution is 0.400. The minimum atomic E-state index is 0.581. The van der Waals surface area contributed by atoms with Gasteiger partial charge in [0.25, 0.3) is 0 Å². The van der Waals surface area contributed by atoms with Crippen LogP contribution in [0, 0.1) is 6.92 Å². The van der Waals surface area contributed by atoms with E-state index in [0.29, 0.717) is 18.2 Å². The Labute approximate surface area is 165 Å². The zero-order chi connectivity index (χ0) is 19.1. The van der Waals surface area contributed by atoms with Crippen LogP contribution in [-0.4, -0.2) is 27.1 Å². The molecule has 1 aromatic carbocycles. The fraction of sp³-hybridized carbons (Fsp3) is 0.190. The molecule has 0 amide bonds. The van der Waals surface area contributed by atoms with Crippen LogP contribution in [0.25, 0.3) is 0 Å². The van der Waals surface area contributed by atoms with Gasteiger partial charge in [0.05, 0.1) is 37.3 Å². The number of aryl methyl sites for hydroxylation is 1. The highest BCUT2D eigenvalue weighted by molar-refractivity contribution is 7.80. The van der Waals surface area contributed by atoms with Crippen LogP contribution in [-0.2, 0) is 13.1 Å². The topological polar surface area (TPSA) is 50.3 Å². The molecule has 0 aliphatic carbocycles. The third-order valence-electron chi connectivity index (χ3n) is 4.04. The number of nitrogens with zero attached hydrogens (tertiary/aromatic N) is 3. The van der Waals surface area contributed by atoms with Crippen molar-refractivity contribution in [2.24, 2.45) is 0 Å². The second-order valence-electron chi connectivity index (χ2n) is 6.13. The Bertz CT molecular complexity index is 846. The highest BCUT2D eigenvalue weighted by Crippen LogP contribution is 2.26. The molecule has 3 rings (SSSR count). The zero-order valence-electron chi connectivity index (χ0n) is 15.4. The van der Waals surface area contributed by atoms with Crippen molar-refractivity contribution in [2.45, 2.75) is 20.0 Å². The summed E-state index contributed by atoms with van der Waals surface area (Å²) in [6.45, 7) is 3.20. The van der Waals surface area contributed by atoms with Crippen molar-refractivity contribution < 1.29 is 4.74 Å². The number of rotatable bonds is 6. The summed E-state index contributed by atoms with van der Waals surface area (Å²) in [6.07, 6.45) is 3.57. The molecular weight excluding hydrogens is 356 g/mol. The van der Waals surface area contributed by atoms with Gasteiger partial charge in [0.1, 0.15) is 5.75 Å². The lowest BCUT2D eigenvalue weighted by atomic mass is 10.2. The normalized spacial score (nSPS) is 10.3. The van der Waals surface area contributed by atoms with Crippen molar-refractivity contribution in [1.82, 2.24) is 14.9 Å². The summed E-state index contributed by atoms with van der Waals surface area (Å²) in [5.41, 5.74) is 3.85. The fourth-order valence-electron chi connectivity index (χ4n) is 2.69. The molecule has 0 bridgehead atoms. The molecule has 0 saturated carbocycles. The third kappa shape index (κ3) is 5.24. The van der Waals surface area contributed by atoms with Crippen molar-refractivity contribution in [3.8, 4) is 5.75 Å². The van der Waals surface area contributed by atoms with Crippen LogP contribution in [0.2, 0.25) is 0 Å². The van der Waals surface area contributed by atoms with Gasteiger partial charge in [-0.3, -0.25) is 9.97 Å². The van der Waals surface area contributed by atoms with Crippen molar-refractivity contribution in [1.29, 1.82) is 0 Å². The molecule has 0 unspecified atom stereocenters. The SMILES string of the molecule is COc1ccc(C)cc1NC(=S)N(Cc1ccccn1)Cc1ccccn1.